The number of aliphatic hydroxyl groups excluding tert-OH is 1. The van der Waals surface area contributed by atoms with Crippen LogP contribution >= 0.6 is 0 Å². The van der Waals surface area contributed by atoms with Crippen molar-refractivity contribution in [3.05, 3.63) is 17.0 Å². The molecule has 5 heteroatoms. The first-order valence-corrected chi connectivity index (χ1v) is 8.09. The van der Waals surface area contributed by atoms with Gasteiger partial charge < -0.3 is 9.84 Å². The zero-order valence-corrected chi connectivity index (χ0v) is 13.6. The molecule has 1 saturated heterocycles. The summed E-state index contributed by atoms with van der Waals surface area (Å²) in [6, 6.07) is 0. The van der Waals surface area contributed by atoms with Crippen LogP contribution in [0.3, 0.4) is 0 Å². The normalized spacial score (nSPS) is 20.1. The molecule has 21 heavy (non-hydrogen) atoms. The van der Waals surface area contributed by atoms with E-state index in [-0.39, 0.29) is 6.61 Å². The van der Waals surface area contributed by atoms with E-state index in [2.05, 4.69) is 30.8 Å². The zero-order valence-electron chi connectivity index (χ0n) is 13.6. The molecule has 1 aromatic rings. The maximum atomic E-state index is 9.10. The van der Waals surface area contributed by atoms with Crippen LogP contribution < -0.4 is 0 Å². The zero-order chi connectivity index (χ0) is 15.2. The van der Waals surface area contributed by atoms with Crippen molar-refractivity contribution in [1.29, 1.82) is 0 Å². The first-order valence-electron chi connectivity index (χ1n) is 8.09. The van der Waals surface area contributed by atoms with E-state index in [4.69, 9.17) is 9.84 Å². The summed E-state index contributed by atoms with van der Waals surface area (Å²) >= 11 is 0. The summed E-state index contributed by atoms with van der Waals surface area (Å²) in [6.07, 6.45) is 2.53. The second-order valence-electron chi connectivity index (χ2n) is 6.00. The molecule has 1 atom stereocenters. The topological polar surface area (TPSA) is 50.5 Å². The second kappa shape index (κ2) is 7.92. The number of aryl methyl sites for hydroxylation is 1. The number of nitrogens with zero attached hydrogens (tertiary/aromatic N) is 3. The summed E-state index contributed by atoms with van der Waals surface area (Å²) < 4.78 is 7.51. The van der Waals surface area contributed by atoms with Crippen molar-refractivity contribution < 1.29 is 9.84 Å². The van der Waals surface area contributed by atoms with E-state index in [1.54, 1.807) is 0 Å². The molecular weight excluding hydrogens is 266 g/mol. The number of ether oxygens (including phenoxy) is 1. The van der Waals surface area contributed by atoms with Crippen molar-refractivity contribution >= 4 is 0 Å². The van der Waals surface area contributed by atoms with E-state index in [1.165, 1.54) is 24.1 Å². The van der Waals surface area contributed by atoms with E-state index in [0.29, 0.717) is 12.5 Å². The largest absolute Gasteiger partial charge is 0.394 e. The standard InChI is InChI=1S/C16H29N3O2/c1-4-21-12-15-6-5-7-18(10-15)11-16-13(2)17-19(8-9-20)14(16)3/h15,20H,4-12H2,1-3H3. The Hall–Kier alpha value is -0.910. The molecule has 0 radical (unpaired) electrons. The third-order valence-electron chi connectivity index (χ3n) is 4.39. The van der Waals surface area contributed by atoms with E-state index < -0.39 is 0 Å². The van der Waals surface area contributed by atoms with Gasteiger partial charge in [-0.1, -0.05) is 0 Å². The van der Waals surface area contributed by atoms with E-state index in [9.17, 15) is 0 Å². The minimum absolute atomic E-state index is 0.140. The fourth-order valence-electron chi connectivity index (χ4n) is 3.21. The predicted octanol–water partition coefficient (Wildman–Crippen LogP) is 1.74. The summed E-state index contributed by atoms with van der Waals surface area (Å²) in [6.45, 7) is 11.9. The summed E-state index contributed by atoms with van der Waals surface area (Å²) in [5.74, 6) is 0.659. The summed E-state index contributed by atoms with van der Waals surface area (Å²) in [4.78, 5) is 2.52. The molecule has 0 bridgehead atoms. The molecule has 0 aliphatic carbocycles. The molecule has 1 N–H and O–H groups in total. The number of likely N-dealkylation sites (tertiary alicyclic amines) is 1. The molecule has 2 rings (SSSR count). The molecule has 1 aliphatic rings. The highest BCUT2D eigenvalue weighted by atomic mass is 16.5. The number of aromatic nitrogens is 2. The lowest BCUT2D eigenvalue weighted by atomic mass is 9.98. The van der Waals surface area contributed by atoms with Crippen LogP contribution in [0.5, 0.6) is 0 Å². The van der Waals surface area contributed by atoms with Gasteiger partial charge >= 0.3 is 0 Å². The van der Waals surface area contributed by atoms with Gasteiger partial charge in [0, 0.05) is 31.0 Å². The van der Waals surface area contributed by atoms with Gasteiger partial charge in [-0.2, -0.15) is 5.10 Å². The summed E-state index contributed by atoms with van der Waals surface area (Å²) in [5, 5.41) is 13.6. The van der Waals surface area contributed by atoms with Crippen molar-refractivity contribution in [2.24, 2.45) is 5.92 Å². The first-order chi connectivity index (χ1) is 10.2. The third-order valence-corrected chi connectivity index (χ3v) is 4.39. The van der Waals surface area contributed by atoms with Crippen LogP contribution in [0.2, 0.25) is 0 Å². The number of piperidine rings is 1. The fraction of sp³-hybridized carbons (Fsp3) is 0.812. The molecule has 1 aromatic heterocycles. The van der Waals surface area contributed by atoms with E-state index in [1.807, 2.05) is 4.68 Å². The maximum Gasteiger partial charge on any atom is 0.0644 e. The molecule has 1 aliphatic heterocycles. The van der Waals surface area contributed by atoms with Gasteiger partial charge in [0.2, 0.25) is 0 Å². The first kappa shape index (κ1) is 16.5. The molecule has 0 saturated carbocycles. The summed E-state index contributed by atoms with van der Waals surface area (Å²) in [5.41, 5.74) is 3.60. The fourth-order valence-corrected chi connectivity index (χ4v) is 3.21. The van der Waals surface area contributed by atoms with Gasteiger partial charge in [0.25, 0.3) is 0 Å². The average Bonchev–Trinajstić information content (AvgIpc) is 2.74. The highest BCUT2D eigenvalue weighted by Crippen LogP contribution is 2.21. The number of aliphatic hydroxyl groups is 1. The Morgan fingerprint density at radius 2 is 2.19 bits per heavy atom. The Morgan fingerprint density at radius 1 is 1.38 bits per heavy atom. The highest BCUT2D eigenvalue weighted by molar-refractivity contribution is 5.24. The van der Waals surface area contributed by atoms with Crippen LogP contribution in [0.15, 0.2) is 0 Å². The third kappa shape index (κ3) is 4.28. The quantitative estimate of drug-likeness (QED) is 0.832. The van der Waals surface area contributed by atoms with Gasteiger partial charge in [0.1, 0.15) is 0 Å². The lowest BCUT2D eigenvalue weighted by Crippen LogP contribution is -2.37. The van der Waals surface area contributed by atoms with Gasteiger partial charge in [-0.25, -0.2) is 0 Å². The number of hydrogen-bond acceptors (Lipinski definition) is 4. The van der Waals surface area contributed by atoms with Crippen LogP contribution in [-0.4, -0.2) is 52.7 Å². The van der Waals surface area contributed by atoms with Gasteiger partial charge in [-0.3, -0.25) is 9.58 Å². The SMILES string of the molecule is CCOCC1CCCN(Cc2c(C)nn(CCO)c2C)C1. The molecule has 0 aromatic carbocycles. The smallest absolute Gasteiger partial charge is 0.0644 e. The molecule has 120 valence electrons. The van der Waals surface area contributed by atoms with Crippen LogP contribution in [0.1, 0.15) is 36.7 Å². The van der Waals surface area contributed by atoms with E-state index >= 15 is 0 Å². The van der Waals surface area contributed by atoms with E-state index in [0.717, 1.165) is 38.5 Å². The molecular formula is C16H29N3O2. The Kier molecular flexibility index (Phi) is 6.21. The van der Waals surface area contributed by atoms with Gasteiger partial charge in [-0.15, -0.1) is 0 Å². The van der Waals surface area contributed by atoms with Crippen molar-refractivity contribution in [1.82, 2.24) is 14.7 Å². The number of hydrogen-bond donors (Lipinski definition) is 1. The Bertz CT molecular complexity index is 445. The minimum atomic E-state index is 0.140. The van der Waals surface area contributed by atoms with Gasteiger partial charge in [0.15, 0.2) is 0 Å². The van der Waals surface area contributed by atoms with Crippen molar-refractivity contribution in [2.75, 3.05) is 32.9 Å². The van der Waals surface area contributed by atoms with Gasteiger partial charge in [-0.05, 0) is 46.1 Å². The summed E-state index contributed by atoms with van der Waals surface area (Å²) in [7, 11) is 0. The van der Waals surface area contributed by atoms with Crippen LogP contribution in [0, 0.1) is 19.8 Å². The van der Waals surface area contributed by atoms with Crippen molar-refractivity contribution in [3.63, 3.8) is 0 Å². The Labute approximate surface area is 127 Å². The Balaban J connectivity index is 1.97. The van der Waals surface area contributed by atoms with Crippen LogP contribution in [0.4, 0.5) is 0 Å². The second-order valence-corrected chi connectivity index (χ2v) is 6.00. The Morgan fingerprint density at radius 3 is 2.90 bits per heavy atom. The molecule has 0 spiro atoms. The molecule has 5 nitrogen and oxygen atoms in total. The minimum Gasteiger partial charge on any atom is -0.394 e. The van der Waals surface area contributed by atoms with Crippen molar-refractivity contribution in [3.8, 4) is 0 Å². The lowest BCUT2D eigenvalue weighted by molar-refractivity contribution is 0.0646. The lowest BCUT2D eigenvalue weighted by Gasteiger charge is -2.32. The van der Waals surface area contributed by atoms with Crippen molar-refractivity contribution in [2.45, 2.75) is 46.7 Å². The highest BCUT2D eigenvalue weighted by Gasteiger charge is 2.22. The van der Waals surface area contributed by atoms with Gasteiger partial charge in [0.05, 0.1) is 25.5 Å². The average molecular weight is 295 g/mol. The maximum absolute atomic E-state index is 9.10. The molecule has 1 unspecified atom stereocenters. The molecule has 0 amide bonds. The van der Waals surface area contributed by atoms with Crippen LogP contribution in [0.25, 0.3) is 0 Å². The predicted molar refractivity (Wildman–Crippen MR) is 83.3 cm³/mol. The molecule has 2 heterocycles. The molecule has 1 fully saturated rings. The monoisotopic (exact) mass is 295 g/mol. The van der Waals surface area contributed by atoms with Crippen LogP contribution in [-0.2, 0) is 17.8 Å². The number of rotatable bonds is 7.